The van der Waals surface area contributed by atoms with Crippen molar-refractivity contribution in [1.82, 2.24) is 4.98 Å². The SMILES string of the molecule is CC(C)COc1cncc([B-](F)(F)F)c1.[K+]. The molecular formula is C9H12BF3KNO. The number of halogens is 3. The first kappa shape index (κ1) is 16.4. The van der Waals surface area contributed by atoms with E-state index in [0.29, 0.717) is 6.61 Å². The minimum Gasteiger partial charge on any atom is -0.492 e. The van der Waals surface area contributed by atoms with E-state index in [0.717, 1.165) is 12.3 Å². The van der Waals surface area contributed by atoms with Crippen LogP contribution in [0.1, 0.15) is 13.8 Å². The number of nitrogens with zero attached hydrogens (tertiary/aromatic N) is 1. The molecule has 0 saturated carbocycles. The summed E-state index contributed by atoms with van der Waals surface area (Å²) in [6.45, 7) is -0.769. The van der Waals surface area contributed by atoms with E-state index in [-0.39, 0.29) is 63.1 Å². The fourth-order valence-electron chi connectivity index (χ4n) is 0.956. The third-order valence-corrected chi connectivity index (χ3v) is 1.70. The van der Waals surface area contributed by atoms with E-state index in [1.807, 2.05) is 13.8 Å². The van der Waals surface area contributed by atoms with E-state index in [9.17, 15) is 12.9 Å². The number of rotatable bonds is 4. The van der Waals surface area contributed by atoms with Gasteiger partial charge in [-0.15, -0.1) is 0 Å². The van der Waals surface area contributed by atoms with Crippen LogP contribution in [0, 0.1) is 5.92 Å². The quantitative estimate of drug-likeness (QED) is 0.657. The molecule has 1 rings (SSSR count). The molecule has 2 nitrogen and oxygen atoms in total. The number of hydrogen-bond acceptors (Lipinski definition) is 2. The minimum absolute atomic E-state index is 0. The molecule has 0 fully saturated rings. The first-order valence-corrected chi connectivity index (χ1v) is 4.67. The van der Waals surface area contributed by atoms with Crippen LogP contribution >= 0.6 is 0 Å². The summed E-state index contributed by atoms with van der Waals surface area (Å²) in [7, 11) is 0. The van der Waals surface area contributed by atoms with Gasteiger partial charge >= 0.3 is 58.4 Å². The number of aromatic nitrogens is 1. The van der Waals surface area contributed by atoms with Gasteiger partial charge in [-0.05, 0) is 12.0 Å². The Labute approximate surface area is 135 Å². The van der Waals surface area contributed by atoms with Crippen LogP contribution in [0.2, 0.25) is 0 Å². The molecule has 0 aliphatic heterocycles. The summed E-state index contributed by atoms with van der Waals surface area (Å²) < 4.78 is 42.2. The molecule has 0 aromatic carbocycles. The first-order chi connectivity index (χ1) is 6.89. The van der Waals surface area contributed by atoms with Gasteiger partial charge in [0, 0.05) is 6.20 Å². The average molecular weight is 257 g/mol. The third kappa shape index (κ3) is 5.68. The Morgan fingerprint density at radius 3 is 2.44 bits per heavy atom. The first-order valence-electron chi connectivity index (χ1n) is 4.67. The molecule has 7 heteroatoms. The van der Waals surface area contributed by atoms with Gasteiger partial charge in [-0.25, -0.2) is 0 Å². The third-order valence-electron chi connectivity index (χ3n) is 1.70. The summed E-state index contributed by atoms with van der Waals surface area (Å²) in [5, 5.41) is 0. The fraction of sp³-hybridized carbons (Fsp3) is 0.444. The van der Waals surface area contributed by atoms with Crippen LogP contribution in [0.4, 0.5) is 12.9 Å². The second kappa shape index (κ2) is 7.00. The molecule has 84 valence electrons. The van der Waals surface area contributed by atoms with Crippen molar-refractivity contribution in [2.45, 2.75) is 13.8 Å². The average Bonchev–Trinajstić information content (AvgIpc) is 2.14. The predicted octanol–water partition coefficient (Wildman–Crippen LogP) is -0.825. The second-order valence-electron chi connectivity index (χ2n) is 3.73. The molecule has 0 spiro atoms. The van der Waals surface area contributed by atoms with Crippen molar-refractivity contribution in [1.29, 1.82) is 0 Å². The van der Waals surface area contributed by atoms with Gasteiger partial charge in [0.15, 0.2) is 0 Å². The van der Waals surface area contributed by atoms with Crippen molar-refractivity contribution in [3.63, 3.8) is 0 Å². The number of hydrogen-bond donors (Lipinski definition) is 0. The molecule has 1 heterocycles. The summed E-state index contributed by atoms with van der Waals surface area (Å²) in [4.78, 5) is 3.50. The molecule has 0 amide bonds. The van der Waals surface area contributed by atoms with Gasteiger partial charge in [0.2, 0.25) is 0 Å². The molecule has 1 aromatic heterocycles. The Hall–Kier alpha value is 0.441. The molecule has 0 bridgehead atoms. The molecular weight excluding hydrogens is 245 g/mol. The van der Waals surface area contributed by atoms with E-state index >= 15 is 0 Å². The van der Waals surface area contributed by atoms with Crippen molar-refractivity contribution in [2.75, 3.05) is 6.61 Å². The standard InChI is InChI=1S/C9H12BF3NO.K/c1-7(2)6-15-9-3-8(4-14-5-9)10(11,12)13;/h3-5,7H,6H2,1-2H3;/q-1;+1. The van der Waals surface area contributed by atoms with E-state index in [1.54, 1.807) is 0 Å². The maximum atomic E-state index is 12.3. The van der Waals surface area contributed by atoms with Gasteiger partial charge in [0.05, 0.1) is 12.8 Å². The van der Waals surface area contributed by atoms with Gasteiger partial charge in [0.1, 0.15) is 5.75 Å². The summed E-state index contributed by atoms with van der Waals surface area (Å²) >= 11 is 0. The van der Waals surface area contributed by atoms with Crippen molar-refractivity contribution in [3.05, 3.63) is 18.5 Å². The summed E-state index contributed by atoms with van der Waals surface area (Å²) in [6, 6.07) is 0.982. The summed E-state index contributed by atoms with van der Waals surface area (Å²) in [5.74, 6) is 0.436. The Morgan fingerprint density at radius 1 is 1.31 bits per heavy atom. The maximum Gasteiger partial charge on any atom is 1.00 e. The Balaban J connectivity index is 0.00000225. The predicted molar refractivity (Wildman–Crippen MR) is 53.3 cm³/mol. The molecule has 0 unspecified atom stereocenters. The topological polar surface area (TPSA) is 22.1 Å². The molecule has 0 N–H and O–H groups in total. The minimum atomic E-state index is -5.00. The van der Waals surface area contributed by atoms with Crippen molar-refractivity contribution >= 4 is 12.4 Å². The summed E-state index contributed by atoms with van der Waals surface area (Å²) in [5.41, 5.74) is -0.726. The van der Waals surface area contributed by atoms with Crippen molar-refractivity contribution in [2.24, 2.45) is 5.92 Å². The van der Waals surface area contributed by atoms with Crippen LogP contribution in [-0.4, -0.2) is 18.6 Å². The fourth-order valence-corrected chi connectivity index (χ4v) is 0.956. The Kier molecular flexibility index (Phi) is 7.20. The van der Waals surface area contributed by atoms with E-state index in [1.165, 1.54) is 6.20 Å². The zero-order valence-corrected chi connectivity index (χ0v) is 12.7. The van der Waals surface area contributed by atoms with Gasteiger partial charge in [0.25, 0.3) is 0 Å². The largest absolute Gasteiger partial charge is 1.00 e. The van der Waals surface area contributed by atoms with E-state index < -0.39 is 12.4 Å². The zero-order chi connectivity index (χ0) is 11.5. The van der Waals surface area contributed by atoms with Gasteiger partial charge in [-0.2, -0.15) is 0 Å². The smallest absolute Gasteiger partial charge is 0.492 e. The van der Waals surface area contributed by atoms with Crippen LogP contribution in [-0.2, 0) is 0 Å². The van der Waals surface area contributed by atoms with Crippen LogP contribution in [0.25, 0.3) is 0 Å². The normalized spacial score (nSPS) is 11.1. The zero-order valence-electron chi connectivity index (χ0n) is 9.58. The van der Waals surface area contributed by atoms with Crippen molar-refractivity contribution < 1.29 is 69.1 Å². The molecule has 0 aliphatic rings. The van der Waals surface area contributed by atoms with Crippen LogP contribution in [0.3, 0.4) is 0 Å². The van der Waals surface area contributed by atoms with Gasteiger partial charge in [-0.3, -0.25) is 4.98 Å². The van der Waals surface area contributed by atoms with Crippen molar-refractivity contribution in [3.8, 4) is 5.75 Å². The molecule has 0 atom stereocenters. The maximum absolute atomic E-state index is 12.3. The molecule has 1 aromatic rings. The Morgan fingerprint density at radius 2 is 1.94 bits per heavy atom. The molecule has 0 saturated heterocycles. The molecule has 16 heavy (non-hydrogen) atoms. The van der Waals surface area contributed by atoms with Crippen LogP contribution in [0.15, 0.2) is 18.5 Å². The van der Waals surface area contributed by atoms with E-state index in [2.05, 4.69) is 4.98 Å². The van der Waals surface area contributed by atoms with E-state index in [4.69, 9.17) is 4.74 Å². The monoisotopic (exact) mass is 257 g/mol. The number of ether oxygens (including phenoxy) is 1. The van der Waals surface area contributed by atoms with Crippen LogP contribution in [0.5, 0.6) is 5.75 Å². The van der Waals surface area contributed by atoms with Gasteiger partial charge < -0.3 is 17.7 Å². The van der Waals surface area contributed by atoms with Gasteiger partial charge in [-0.1, -0.05) is 19.3 Å². The number of pyridine rings is 1. The Bertz CT molecular complexity index is 333. The molecule has 0 radical (unpaired) electrons. The summed E-state index contributed by atoms with van der Waals surface area (Å²) in [6.07, 6.45) is 2.09. The molecule has 0 aliphatic carbocycles. The second-order valence-corrected chi connectivity index (χ2v) is 3.73. The van der Waals surface area contributed by atoms with Crippen LogP contribution < -0.4 is 61.6 Å².